The zero-order valence-corrected chi connectivity index (χ0v) is 22.7. The summed E-state index contributed by atoms with van der Waals surface area (Å²) in [5, 5.41) is 18.0. The fourth-order valence-corrected chi connectivity index (χ4v) is 5.78. The van der Waals surface area contributed by atoms with Gasteiger partial charge in [0.15, 0.2) is 0 Å². The molecular formula is C29H31F2N7O3. The molecule has 2 aliphatic rings. The molecule has 5 heterocycles. The Morgan fingerprint density at radius 3 is 2.61 bits per heavy atom. The number of halogens is 2. The molecule has 1 aromatic carbocycles. The van der Waals surface area contributed by atoms with Gasteiger partial charge in [0.2, 0.25) is 5.91 Å². The standard InChI is InChI=1S/C29H31F2N7O3/c1-16-12-37(13-23(32)28(16)35-17(2)39)25-5-6-33-10-18(25)7-26-34-11-20-3-4-24(36-38(20)26)27-21(30)8-19(9-22(27)31)29(40)14-41-15-29/h3-6,8-11,16,23,28,40H,7,12-15,32H2,1-2H3,(H,35,39)/t16-,23+,28-/m0/s1. The molecule has 214 valence electrons. The average Bonchev–Trinajstić information content (AvgIpc) is 3.31. The third-order valence-electron chi connectivity index (χ3n) is 7.92. The summed E-state index contributed by atoms with van der Waals surface area (Å²) in [6, 6.07) is 7.06. The highest BCUT2D eigenvalue weighted by Gasteiger charge is 2.39. The van der Waals surface area contributed by atoms with Crippen LogP contribution in [0.4, 0.5) is 14.5 Å². The smallest absolute Gasteiger partial charge is 0.217 e. The highest BCUT2D eigenvalue weighted by atomic mass is 19.1. The van der Waals surface area contributed by atoms with Crippen molar-refractivity contribution in [1.29, 1.82) is 0 Å². The molecule has 0 unspecified atom stereocenters. The molecule has 3 atom stereocenters. The molecule has 10 nitrogen and oxygen atoms in total. The average molecular weight is 564 g/mol. The Kier molecular flexibility index (Phi) is 6.92. The molecule has 0 saturated carbocycles. The number of nitrogens with two attached hydrogens (primary N) is 1. The van der Waals surface area contributed by atoms with Crippen molar-refractivity contribution in [2.45, 2.75) is 38.0 Å². The SMILES string of the molecule is CC(=O)N[C@@H]1[C@H](N)CN(c2ccncc2Cc2ncc3ccc(-c4c(F)cc(C5(O)COC5)cc4F)nn23)C[C@@H]1C. The number of carbonyl (C=O) groups is 1. The number of piperidine rings is 1. The Bertz CT molecular complexity index is 1590. The van der Waals surface area contributed by atoms with E-state index >= 15 is 8.78 Å². The zero-order chi connectivity index (χ0) is 28.9. The predicted molar refractivity (Wildman–Crippen MR) is 147 cm³/mol. The van der Waals surface area contributed by atoms with Crippen molar-refractivity contribution < 1.29 is 23.4 Å². The number of fused-ring (bicyclic) bond motifs is 1. The number of aromatic nitrogens is 4. The Morgan fingerprint density at radius 2 is 1.95 bits per heavy atom. The number of rotatable bonds is 6. The van der Waals surface area contributed by atoms with Crippen LogP contribution in [0, 0.1) is 17.6 Å². The first-order chi connectivity index (χ1) is 19.6. The van der Waals surface area contributed by atoms with Crippen molar-refractivity contribution in [2.75, 3.05) is 31.2 Å². The van der Waals surface area contributed by atoms with Crippen LogP contribution < -0.4 is 16.0 Å². The van der Waals surface area contributed by atoms with Crippen molar-refractivity contribution >= 4 is 17.1 Å². The summed E-state index contributed by atoms with van der Waals surface area (Å²) in [5.41, 5.74) is 7.52. The molecule has 1 amide bonds. The minimum Gasteiger partial charge on any atom is -0.380 e. The summed E-state index contributed by atoms with van der Waals surface area (Å²) < 4.78 is 36.9. The second kappa shape index (κ2) is 10.4. The monoisotopic (exact) mass is 563 g/mol. The van der Waals surface area contributed by atoms with E-state index in [0.717, 1.165) is 23.4 Å². The minimum atomic E-state index is -1.39. The lowest BCUT2D eigenvalue weighted by Gasteiger charge is -2.43. The zero-order valence-electron chi connectivity index (χ0n) is 22.7. The van der Waals surface area contributed by atoms with E-state index in [2.05, 4.69) is 32.2 Å². The number of hydrogen-bond acceptors (Lipinski definition) is 8. The summed E-state index contributed by atoms with van der Waals surface area (Å²) in [7, 11) is 0. The van der Waals surface area contributed by atoms with Crippen LogP contribution in [0.5, 0.6) is 0 Å². The molecule has 12 heteroatoms. The molecule has 0 radical (unpaired) electrons. The third-order valence-corrected chi connectivity index (χ3v) is 7.92. The van der Waals surface area contributed by atoms with Crippen LogP contribution in [0.2, 0.25) is 0 Å². The lowest BCUT2D eigenvalue weighted by molar-refractivity contribution is -0.184. The Labute approximate surface area is 235 Å². The fourth-order valence-electron chi connectivity index (χ4n) is 5.78. The van der Waals surface area contributed by atoms with Crippen molar-refractivity contribution in [3.63, 3.8) is 0 Å². The molecule has 0 aliphatic carbocycles. The number of imidazole rings is 1. The summed E-state index contributed by atoms with van der Waals surface area (Å²) in [6.07, 6.45) is 5.50. The molecule has 6 rings (SSSR count). The lowest BCUT2D eigenvalue weighted by Crippen LogP contribution is -2.61. The number of nitrogens with one attached hydrogen (secondary N) is 1. The number of anilines is 1. The Hall–Kier alpha value is -4.00. The van der Waals surface area contributed by atoms with Gasteiger partial charge in [0, 0.05) is 62.2 Å². The number of pyridine rings is 1. The number of benzene rings is 1. The van der Waals surface area contributed by atoms with Crippen LogP contribution in [0.3, 0.4) is 0 Å². The topological polar surface area (TPSA) is 131 Å². The maximum absolute atomic E-state index is 15.2. The summed E-state index contributed by atoms with van der Waals surface area (Å²) in [4.78, 5) is 22.7. The molecule has 2 aliphatic heterocycles. The van der Waals surface area contributed by atoms with Crippen molar-refractivity contribution in [2.24, 2.45) is 11.7 Å². The molecule has 4 aromatic rings. The molecule has 3 aromatic heterocycles. The maximum Gasteiger partial charge on any atom is 0.217 e. The first kappa shape index (κ1) is 27.2. The molecule has 2 saturated heterocycles. The minimum absolute atomic E-state index is 0.0116. The van der Waals surface area contributed by atoms with Crippen LogP contribution in [-0.2, 0) is 21.6 Å². The van der Waals surface area contributed by atoms with E-state index in [1.165, 1.54) is 6.92 Å². The van der Waals surface area contributed by atoms with E-state index in [-0.39, 0.29) is 53.9 Å². The lowest BCUT2D eigenvalue weighted by atomic mass is 9.89. The first-order valence-corrected chi connectivity index (χ1v) is 13.5. The number of carbonyl (C=O) groups excluding carboxylic acids is 1. The van der Waals surface area contributed by atoms with Gasteiger partial charge in [-0.2, -0.15) is 5.10 Å². The number of nitrogens with zero attached hydrogens (tertiary/aromatic N) is 5. The number of aliphatic hydroxyl groups is 1. The highest BCUT2D eigenvalue weighted by Crippen LogP contribution is 2.34. The van der Waals surface area contributed by atoms with Gasteiger partial charge < -0.3 is 25.8 Å². The number of hydrogen-bond donors (Lipinski definition) is 3. The van der Waals surface area contributed by atoms with E-state index < -0.39 is 17.2 Å². The van der Waals surface area contributed by atoms with Gasteiger partial charge in [0.25, 0.3) is 0 Å². The van der Waals surface area contributed by atoms with Crippen molar-refractivity contribution in [3.8, 4) is 11.3 Å². The van der Waals surface area contributed by atoms with Crippen LogP contribution in [0.1, 0.15) is 30.8 Å². The van der Waals surface area contributed by atoms with Crippen molar-refractivity contribution in [3.05, 3.63) is 77.5 Å². The third kappa shape index (κ3) is 5.03. The van der Waals surface area contributed by atoms with E-state index in [9.17, 15) is 9.90 Å². The van der Waals surface area contributed by atoms with Crippen LogP contribution >= 0.6 is 0 Å². The number of ether oxygens (including phenoxy) is 1. The van der Waals surface area contributed by atoms with Gasteiger partial charge in [0.05, 0.1) is 36.2 Å². The van der Waals surface area contributed by atoms with Crippen LogP contribution in [0.15, 0.2) is 48.9 Å². The van der Waals surface area contributed by atoms with Gasteiger partial charge in [0.1, 0.15) is 23.1 Å². The molecule has 4 N–H and O–H groups in total. The fraction of sp³-hybridized carbons (Fsp3) is 0.379. The molecule has 0 spiro atoms. The second-order valence-electron chi connectivity index (χ2n) is 11.0. The molecule has 2 fully saturated rings. The Morgan fingerprint density at radius 1 is 1.20 bits per heavy atom. The first-order valence-electron chi connectivity index (χ1n) is 13.5. The van der Waals surface area contributed by atoms with Gasteiger partial charge in [-0.3, -0.25) is 9.78 Å². The molecule has 0 bridgehead atoms. The van der Waals surface area contributed by atoms with Gasteiger partial charge in [-0.05, 0) is 41.8 Å². The number of amides is 1. The van der Waals surface area contributed by atoms with E-state index in [1.807, 2.05) is 6.07 Å². The van der Waals surface area contributed by atoms with Gasteiger partial charge >= 0.3 is 0 Å². The van der Waals surface area contributed by atoms with Crippen molar-refractivity contribution in [1.82, 2.24) is 24.9 Å². The van der Waals surface area contributed by atoms with Gasteiger partial charge in [-0.1, -0.05) is 6.92 Å². The summed E-state index contributed by atoms with van der Waals surface area (Å²) >= 11 is 0. The van der Waals surface area contributed by atoms with Gasteiger partial charge in [-0.25, -0.2) is 18.3 Å². The van der Waals surface area contributed by atoms with Crippen LogP contribution in [0.25, 0.3) is 16.8 Å². The Balaban J connectivity index is 1.30. The van der Waals surface area contributed by atoms with E-state index in [0.29, 0.717) is 30.9 Å². The predicted octanol–water partition coefficient (Wildman–Crippen LogP) is 2.17. The van der Waals surface area contributed by atoms with Crippen LogP contribution in [-0.4, -0.2) is 69.0 Å². The second-order valence-corrected chi connectivity index (χ2v) is 11.0. The quantitative estimate of drug-likeness (QED) is 0.326. The normalized spacial score (nSPS) is 22.0. The summed E-state index contributed by atoms with van der Waals surface area (Å²) in [5.74, 6) is -1.06. The van der Waals surface area contributed by atoms with E-state index in [1.54, 1.807) is 35.2 Å². The van der Waals surface area contributed by atoms with Gasteiger partial charge in [-0.15, -0.1) is 0 Å². The largest absolute Gasteiger partial charge is 0.380 e. The van der Waals surface area contributed by atoms with E-state index in [4.69, 9.17) is 10.5 Å². The highest BCUT2D eigenvalue weighted by molar-refractivity contribution is 5.73. The molecule has 41 heavy (non-hydrogen) atoms. The molecular weight excluding hydrogens is 532 g/mol. The maximum atomic E-state index is 15.2. The summed E-state index contributed by atoms with van der Waals surface area (Å²) in [6.45, 7) is 4.77.